The average molecular weight is 649 g/mol. The third kappa shape index (κ3) is 11.3. The summed E-state index contributed by atoms with van der Waals surface area (Å²) in [6.07, 6.45) is 30.7. The van der Waals surface area contributed by atoms with Crippen LogP contribution in [0.2, 0.25) is 0 Å². The molecule has 0 atom stereocenters. The van der Waals surface area contributed by atoms with Crippen LogP contribution in [0.1, 0.15) is 136 Å². The molecule has 4 aromatic rings. The molecule has 0 nitrogen and oxygen atoms in total. The zero-order chi connectivity index (χ0) is 30.1. The third-order valence-electron chi connectivity index (χ3n) is 8.41. The Morgan fingerprint density at radius 1 is 0.535 bits per heavy atom. The van der Waals surface area contributed by atoms with Gasteiger partial charge in [0.2, 0.25) is 0 Å². The number of hydrogen-bond donors (Lipinski definition) is 0. The predicted octanol–water partition coefficient (Wildman–Crippen LogP) is 14.0. The first-order valence-electron chi connectivity index (χ1n) is 17.1. The van der Waals surface area contributed by atoms with E-state index in [1.54, 1.807) is 10.4 Å². The van der Waals surface area contributed by atoms with Gasteiger partial charge in [0.1, 0.15) is 0 Å². The van der Waals surface area contributed by atoms with Gasteiger partial charge in [0.15, 0.2) is 0 Å². The summed E-state index contributed by atoms with van der Waals surface area (Å²) in [4.78, 5) is 9.99. The molecule has 0 aliphatic carbocycles. The molecule has 0 aromatic carbocycles. The molecule has 0 fully saturated rings. The van der Waals surface area contributed by atoms with Crippen molar-refractivity contribution in [3.63, 3.8) is 0 Å². The maximum atomic E-state index is 5.79. The van der Waals surface area contributed by atoms with Crippen molar-refractivity contribution in [2.24, 2.45) is 0 Å². The van der Waals surface area contributed by atoms with Gasteiger partial charge in [0, 0.05) is 29.3 Å². The molecule has 0 aliphatic heterocycles. The van der Waals surface area contributed by atoms with E-state index in [0.717, 1.165) is 11.3 Å². The fourth-order valence-electron chi connectivity index (χ4n) is 5.88. The van der Waals surface area contributed by atoms with Crippen LogP contribution >= 0.6 is 45.3 Å². The Labute approximate surface area is 279 Å². The first-order chi connectivity index (χ1) is 21.2. The molecule has 0 spiro atoms. The van der Waals surface area contributed by atoms with Crippen LogP contribution < -0.4 is 0 Å². The highest BCUT2D eigenvalue weighted by molar-refractivity contribution is 7.22. The summed E-state index contributed by atoms with van der Waals surface area (Å²) < 4.78 is 0. The van der Waals surface area contributed by atoms with Gasteiger partial charge in [0.05, 0.1) is 4.88 Å². The van der Waals surface area contributed by atoms with E-state index < -0.39 is 0 Å². The standard InChI is InChI=1S/C39H52S4/c1-4-7-9-11-13-16-20-31-28-29-40-38(31)36-26-24-34(41-36)22-18-15-19-23-35-25-27-37(42-35)39-32(30-33(6-3)43-39)21-17-14-12-10-8-5-2/h3,24-30H,4-5,7-23H2,1-2H3. The van der Waals surface area contributed by atoms with Crippen molar-refractivity contribution < 1.29 is 0 Å². The SMILES string of the molecule is C#Cc1cc(CCCCCCCC)c(-c2ccc(CCCCCc3ccc(-c4sccc4CCCCCCCC)s3)s2)s1. The summed E-state index contributed by atoms with van der Waals surface area (Å²) in [5.74, 6) is 2.90. The second-order valence-electron chi connectivity index (χ2n) is 12.0. The smallest absolute Gasteiger partial charge is 0.0775 e. The van der Waals surface area contributed by atoms with Crippen LogP contribution in [0, 0.1) is 12.3 Å². The lowest BCUT2D eigenvalue weighted by Crippen LogP contribution is -1.86. The second kappa shape index (κ2) is 19.7. The number of unbranched alkanes of at least 4 members (excludes halogenated alkanes) is 12. The molecule has 0 unspecified atom stereocenters. The molecule has 0 saturated carbocycles. The highest BCUT2D eigenvalue weighted by Crippen LogP contribution is 2.39. The Kier molecular flexibility index (Phi) is 15.7. The van der Waals surface area contributed by atoms with Gasteiger partial charge in [-0.3, -0.25) is 0 Å². The van der Waals surface area contributed by atoms with Gasteiger partial charge >= 0.3 is 0 Å². The summed E-state index contributed by atoms with van der Waals surface area (Å²) in [6.45, 7) is 4.58. The molecular formula is C39H52S4. The molecule has 0 N–H and O–H groups in total. The van der Waals surface area contributed by atoms with Gasteiger partial charge in [-0.25, -0.2) is 0 Å². The maximum Gasteiger partial charge on any atom is 0.0775 e. The van der Waals surface area contributed by atoms with Gasteiger partial charge in [-0.05, 0) is 104 Å². The zero-order valence-electron chi connectivity index (χ0n) is 26.7. The van der Waals surface area contributed by atoms with E-state index in [1.165, 1.54) is 146 Å². The van der Waals surface area contributed by atoms with Crippen LogP contribution in [-0.4, -0.2) is 0 Å². The molecule has 0 radical (unpaired) electrons. The van der Waals surface area contributed by atoms with Crippen LogP contribution in [0.5, 0.6) is 0 Å². The topological polar surface area (TPSA) is 0 Å². The maximum absolute atomic E-state index is 5.79. The normalized spacial score (nSPS) is 11.4. The molecule has 43 heavy (non-hydrogen) atoms. The quantitative estimate of drug-likeness (QED) is 0.0587. The average Bonchev–Trinajstić information content (AvgIpc) is 3.83. The van der Waals surface area contributed by atoms with Crippen molar-refractivity contribution in [2.45, 2.75) is 136 Å². The molecule has 0 amide bonds. The number of aryl methyl sites for hydroxylation is 4. The van der Waals surface area contributed by atoms with Crippen molar-refractivity contribution in [1.29, 1.82) is 0 Å². The van der Waals surface area contributed by atoms with Crippen molar-refractivity contribution >= 4 is 45.3 Å². The number of rotatable bonds is 22. The van der Waals surface area contributed by atoms with Crippen LogP contribution in [-0.2, 0) is 25.7 Å². The third-order valence-corrected chi connectivity index (χ3v) is 13.1. The minimum atomic E-state index is 1.08. The Bertz CT molecular complexity index is 1350. The summed E-state index contributed by atoms with van der Waals surface area (Å²) in [5.41, 5.74) is 3.03. The molecule has 4 aromatic heterocycles. The van der Waals surface area contributed by atoms with Crippen LogP contribution in [0.15, 0.2) is 41.8 Å². The molecule has 0 aliphatic rings. The lowest BCUT2D eigenvalue weighted by atomic mass is 10.0. The molecule has 4 rings (SSSR count). The van der Waals surface area contributed by atoms with Crippen LogP contribution in [0.4, 0.5) is 0 Å². The van der Waals surface area contributed by atoms with Crippen LogP contribution in [0.3, 0.4) is 0 Å². The molecule has 4 heteroatoms. The van der Waals surface area contributed by atoms with E-state index in [4.69, 9.17) is 6.42 Å². The number of hydrogen-bond acceptors (Lipinski definition) is 4. The first-order valence-corrected chi connectivity index (χ1v) is 20.4. The lowest BCUT2D eigenvalue weighted by molar-refractivity contribution is 0.608. The monoisotopic (exact) mass is 648 g/mol. The van der Waals surface area contributed by atoms with Crippen molar-refractivity contribution in [2.75, 3.05) is 0 Å². The van der Waals surface area contributed by atoms with Gasteiger partial charge in [-0.2, -0.15) is 0 Å². The van der Waals surface area contributed by atoms with E-state index in [1.807, 2.05) is 45.3 Å². The summed E-state index contributed by atoms with van der Waals surface area (Å²) >= 11 is 7.76. The van der Waals surface area contributed by atoms with Gasteiger partial charge in [0.25, 0.3) is 0 Å². The van der Waals surface area contributed by atoms with Crippen LogP contribution in [0.25, 0.3) is 19.5 Å². The van der Waals surface area contributed by atoms with E-state index in [-0.39, 0.29) is 0 Å². The summed E-state index contributed by atoms with van der Waals surface area (Å²) in [6, 6.07) is 14.1. The molecular weight excluding hydrogens is 597 g/mol. The zero-order valence-corrected chi connectivity index (χ0v) is 30.0. The number of terminal acetylenes is 1. The Morgan fingerprint density at radius 2 is 1.05 bits per heavy atom. The summed E-state index contributed by atoms with van der Waals surface area (Å²) in [7, 11) is 0. The van der Waals surface area contributed by atoms with E-state index in [0.29, 0.717) is 0 Å². The first kappa shape index (κ1) is 34.2. The van der Waals surface area contributed by atoms with E-state index >= 15 is 0 Å². The Morgan fingerprint density at radius 3 is 1.65 bits per heavy atom. The fourth-order valence-corrected chi connectivity index (χ4v) is 10.3. The van der Waals surface area contributed by atoms with Crippen molar-refractivity contribution in [3.8, 4) is 31.9 Å². The van der Waals surface area contributed by atoms with Gasteiger partial charge < -0.3 is 0 Å². The van der Waals surface area contributed by atoms with Crippen molar-refractivity contribution in [1.82, 2.24) is 0 Å². The Hall–Kier alpha value is -1.64. The molecule has 0 bridgehead atoms. The molecule has 232 valence electrons. The summed E-state index contributed by atoms with van der Waals surface area (Å²) in [5, 5.41) is 2.29. The highest BCUT2D eigenvalue weighted by atomic mass is 32.1. The minimum Gasteiger partial charge on any atom is -0.143 e. The molecule has 0 saturated heterocycles. The van der Waals surface area contributed by atoms with Gasteiger partial charge in [-0.15, -0.1) is 51.8 Å². The Balaban J connectivity index is 1.18. The van der Waals surface area contributed by atoms with Crippen molar-refractivity contribution in [3.05, 3.63) is 67.5 Å². The second-order valence-corrected chi connectivity index (χ2v) is 16.3. The van der Waals surface area contributed by atoms with E-state index in [9.17, 15) is 0 Å². The lowest BCUT2D eigenvalue weighted by Gasteiger charge is -2.03. The van der Waals surface area contributed by atoms with E-state index in [2.05, 4.69) is 61.5 Å². The van der Waals surface area contributed by atoms with Gasteiger partial charge in [-0.1, -0.05) is 90.4 Å². The minimum absolute atomic E-state index is 1.08. The highest BCUT2D eigenvalue weighted by Gasteiger charge is 2.13. The molecule has 4 heterocycles. The fraction of sp³-hybridized carbons (Fsp3) is 0.538. The number of thiophene rings is 4. The predicted molar refractivity (Wildman–Crippen MR) is 199 cm³/mol. The largest absolute Gasteiger partial charge is 0.143 e.